The Morgan fingerprint density at radius 3 is 2.75 bits per heavy atom. The van der Waals surface area contributed by atoms with Crippen molar-refractivity contribution in [3.63, 3.8) is 0 Å². The minimum Gasteiger partial charge on any atom is -0.379 e. The van der Waals surface area contributed by atoms with Gasteiger partial charge >= 0.3 is 0 Å². The highest BCUT2D eigenvalue weighted by molar-refractivity contribution is 4.96. The van der Waals surface area contributed by atoms with Crippen molar-refractivity contribution in [3.05, 3.63) is 18.2 Å². The number of rotatable bonds is 7. The molecule has 0 saturated heterocycles. The standard InChI is InChI=1S/C12H23N3O/c1-10(2)16-9-5-6-13-11(3)12-14-7-8-15(12)4/h7-8,10-11,13H,5-6,9H2,1-4H3. The van der Waals surface area contributed by atoms with E-state index in [9.17, 15) is 0 Å². The van der Waals surface area contributed by atoms with E-state index in [1.807, 2.05) is 24.0 Å². The van der Waals surface area contributed by atoms with Crippen molar-refractivity contribution in [1.82, 2.24) is 14.9 Å². The third-order valence-electron chi connectivity index (χ3n) is 2.47. The molecule has 1 aromatic rings. The van der Waals surface area contributed by atoms with Crippen LogP contribution in [0.25, 0.3) is 0 Å². The van der Waals surface area contributed by atoms with E-state index in [4.69, 9.17) is 4.74 Å². The van der Waals surface area contributed by atoms with E-state index in [0.29, 0.717) is 12.1 Å². The Kier molecular flexibility index (Phi) is 5.49. The topological polar surface area (TPSA) is 39.1 Å². The van der Waals surface area contributed by atoms with E-state index in [2.05, 4.69) is 31.1 Å². The summed E-state index contributed by atoms with van der Waals surface area (Å²) in [4.78, 5) is 4.31. The second-order valence-electron chi connectivity index (χ2n) is 4.35. The Labute approximate surface area is 98.0 Å². The highest BCUT2D eigenvalue weighted by Crippen LogP contribution is 2.07. The fourth-order valence-electron chi connectivity index (χ4n) is 1.60. The van der Waals surface area contributed by atoms with Crippen molar-refractivity contribution < 1.29 is 4.74 Å². The molecule has 4 heteroatoms. The molecule has 0 aliphatic heterocycles. The van der Waals surface area contributed by atoms with Crippen molar-refractivity contribution in [2.45, 2.75) is 39.3 Å². The molecule has 1 atom stereocenters. The maximum Gasteiger partial charge on any atom is 0.125 e. The van der Waals surface area contributed by atoms with Crippen LogP contribution in [0.1, 0.15) is 39.1 Å². The molecule has 4 nitrogen and oxygen atoms in total. The first-order valence-electron chi connectivity index (χ1n) is 5.93. The van der Waals surface area contributed by atoms with Gasteiger partial charge in [0.2, 0.25) is 0 Å². The number of aryl methyl sites for hydroxylation is 1. The number of imidazole rings is 1. The summed E-state index contributed by atoms with van der Waals surface area (Å²) in [5.41, 5.74) is 0. The molecule has 0 fully saturated rings. The molecular weight excluding hydrogens is 202 g/mol. The van der Waals surface area contributed by atoms with Crippen molar-refractivity contribution in [2.24, 2.45) is 7.05 Å². The van der Waals surface area contributed by atoms with E-state index in [-0.39, 0.29) is 0 Å². The van der Waals surface area contributed by atoms with Gasteiger partial charge in [0, 0.05) is 26.0 Å². The summed E-state index contributed by atoms with van der Waals surface area (Å²) < 4.78 is 7.52. The number of nitrogens with one attached hydrogen (secondary N) is 1. The molecule has 16 heavy (non-hydrogen) atoms. The second kappa shape index (κ2) is 6.66. The lowest BCUT2D eigenvalue weighted by Gasteiger charge is -2.14. The highest BCUT2D eigenvalue weighted by Gasteiger charge is 2.08. The van der Waals surface area contributed by atoms with Crippen LogP contribution in [-0.2, 0) is 11.8 Å². The smallest absolute Gasteiger partial charge is 0.125 e. The van der Waals surface area contributed by atoms with Crippen LogP contribution < -0.4 is 5.32 Å². The largest absolute Gasteiger partial charge is 0.379 e. The van der Waals surface area contributed by atoms with Gasteiger partial charge in [0.15, 0.2) is 0 Å². The SMILES string of the molecule is CC(C)OCCCNC(C)c1nccn1C. The molecule has 0 spiro atoms. The summed E-state index contributed by atoms with van der Waals surface area (Å²) in [6.07, 6.45) is 5.16. The van der Waals surface area contributed by atoms with Gasteiger partial charge in [0.25, 0.3) is 0 Å². The Morgan fingerprint density at radius 1 is 1.44 bits per heavy atom. The first kappa shape index (κ1) is 13.2. The van der Waals surface area contributed by atoms with Crippen LogP contribution in [0.2, 0.25) is 0 Å². The van der Waals surface area contributed by atoms with E-state index < -0.39 is 0 Å². The fourth-order valence-corrected chi connectivity index (χ4v) is 1.60. The van der Waals surface area contributed by atoms with Gasteiger partial charge in [-0.2, -0.15) is 0 Å². The van der Waals surface area contributed by atoms with Crippen LogP contribution in [0.4, 0.5) is 0 Å². The molecule has 1 unspecified atom stereocenters. The van der Waals surface area contributed by atoms with E-state index in [1.54, 1.807) is 0 Å². The van der Waals surface area contributed by atoms with E-state index >= 15 is 0 Å². The molecule has 92 valence electrons. The van der Waals surface area contributed by atoms with Crippen LogP contribution >= 0.6 is 0 Å². The summed E-state index contributed by atoms with van der Waals surface area (Å²) in [5, 5.41) is 3.44. The number of aromatic nitrogens is 2. The molecular formula is C12H23N3O. The Balaban J connectivity index is 2.16. The molecule has 1 heterocycles. The molecule has 0 radical (unpaired) electrons. The molecule has 1 N–H and O–H groups in total. The van der Waals surface area contributed by atoms with Crippen LogP contribution in [-0.4, -0.2) is 28.8 Å². The van der Waals surface area contributed by atoms with Crippen molar-refractivity contribution in [1.29, 1.82) is 0 Å². The summed E-state index contributed by atoms with van der Waals surface area (Å²) in [7, 11) is 2.02. The lowest BCUT2D eigenvalue weighted by atomic mass is 10.3. The Morgan fingerprint density at radius 2 is 2.19 bits per heavy atom. The normalized spacial score (nSPS) is 13.3. The number of ether oxygens (including phenoxy) is 1. The molecule has 0 aromatic carbocycles. The average molecular weight is 225 g/mol. The molecule has 0 aliphatic rings. The molecule has 1 aromatic heterocycles. The van der Waals surface area contributed by atoms with Gasteiger partial charge in [-0.05, 0) is 33.7 Å². The zero-order valence-electron chi connectivity index (χ0n) is 10.7. The van der Waals surface area contributed by atoms with Crippen molar-refractivity contribution >= 4 is 0 Å². The average Bonchev–Trinajstić information content (AvgIpc) is 2.63. The Bertz CT molecular complexity index is 296. The van der Waals surface area contributed by atoms with Gasteiger partial charge < -0.3 is 14.6 Å². The second-order valence-corrected chi connectivity index (χ2v) is 4.35. The fraction of sp³-hybridized carbons (Fsp3) is 0.750. The molecule has 1 rings (SSSR count). The minimum absolute atomic E-state index is 0.291. The van der Waals surface area contributed by atoms with Gasteiger partial charge in [-0.25, -0.2) is 4.98 Å². The number of hydrogen-bond acceptors (Lipinski definition) is 3. The summed E-state index contributed by atoms with van der Waals surface area (Å²) >= 11 is 0. The highest BCUT2D eigenvalue weighted by atomic mass is 16.5. The summed E-state index contributed by atoms with van der Waals surface area (Å²) in [5.74, 6) is 1.07. The first-order chi connectivity index (χ1) is 7.61. The van der Waals surface area contributed by atoms with Crippen LogP contribution in [0.3, 0.4) is 0 Å². The lowest BCUT2D eigenvalue weighted by Crippen LogP contribution is -2.23. The predicted molar refractivity (Wildman–Crippen MR) is 65.3 cm³/mol. The quantitative estimate of drug-likeness (QED) is 0.720. The van der Waals surface area contributed by atoms with Gasteiger partial charge in [-0.3, -0.25) is 0 Å². The van der Waals surface area contributed by atoms with Crippen LogP contribution in [0, 0.1) is 0 Å². The number of nitrogens with zero attached hydrogens (tertiary/aromatic N) is 2. The number of hydrogen-bond donors (Lipinski definition) is 1. The maximum atomic E-state index is 5.48. The first-order valence-corrected chi connectivity index (χ1v) is 5.93. The van der Waals surface area contributed by atoms with E-state index in [0.717, 1.165) is 25.4 Å². The zero-order chi connectivity index (χ0) is 12.0. The Hall–Kier alpha value is -0.870. The van der Waals surface area contributed by atoms with Crippen molar-refractivity contribution in [3.8, 4) is 0 Å². The van der Waals surface area contributed by atoms with E-state index in [1.165, 1.54) is 0 Å². The summed E-state index contributed by atoms with van der Waals surface area (Å²) in [6.45, 7) is 8.03. The van der Waals surface area contributed by atoms with Gasteiger partial charge in [0.05, 0.1) is 12.1 Å². The van der Waals surface area contributed by atoms with Crippen molar-refractivity contribution in [2.75, 3.05) is 13.2 Å². The summed E-state index contributed by atoms with van der Waals surface area (Å²) in [6, 6.07) is 0.291. The van der Waals surface area contributed by atoms with Crippen LogP contribution in [0.5, 0.6) is 0 Å². The predicted octanol–water partition coefficient (Wildman–Crippen LogP) is 1.89. The molecule has 0 bridgehead atoms. The van der Waals surface area contributed by atoms with Gasteiger partial charge in [-0.1, -0.05) is 0 Å². The van der Waals surface area contributed by atoms with Crippen LogP contribution in [0.15, 0.2) is 12.4 Å². The molecule has 0 saturated carbocycles. The monoisotopic (exact) mass is 225 g/mol. The van der Waals surface area contributed by atoms with Gasteiger partial charge in [0.1, 0.15) is 5.82 Å². The third kappa shape index (κ3) is 4.33. The zero-order valence-corrected chi connectivity index (χ0v) is 10.7. The molecule has 0 amide bonds. The molecule has 0 aliphatic carbocycles. The third-order valence-corrected chi connectivity index (χ3v) is 2.47. The maximum absolute atomic E-state index is 5.48. The minimum atomic E-state index is 0.291. The van der Waals surface area contributed by atoms with Gasteiger partial charge in [-0.15, -0.1) is 0 Å². The lowest BCUT2D eigenvalue weighted by molar-refractivity contribution is 0.0767.